The van der Waals surface area contributed by atoms with Crippen LogP contribution in [0.4, 0.5) is 11.4 Å². The normalized spacial score (nSPS) is 10.6. The molecule has 0 atom stereocenters. The van der Waals surface area contributed by atoms with E-state index in [0.717, 1.165) is 10.5 Å². The van der Waals surface area contributed by atoms with Gasteiger partial charge in [-0.15, -0.1) is 0 Å². The number of carbonyl (C=O) groups excluding carboxylic acids is 2. The lowest BCUT2D eigenvalue weighted by molar-refractivity contribution is -0.384. The number of ether oxygens (including phenoxy) is 1. The van der Waals surface area contributed by atoms with Gasteiger partial charge >= 0.3 is 5.97 Å². The number of aryl methyl sites for hydroxylation is 1. The van der Waals surface area contributed by atoms with E-state index in [1.54, 1.807) is 25.3 Å². The first-order valence-corrected chi connectivity index (χ1v) is 8.86. The average Bonchev–Trinajstić information content (AvgIpc) is 2.64. The fourth-order valence-electron chi connectivity index (χ4n) is 2.14. The molecule has 0 aromatic heterocycles. The van der Waals surface area contributed by atoms with Crippen LogP contribution in [0.1, 0.15) is 11.1 Å². The summed E-state index contributed by atoms with van der Waals surface area (Å²) in [6, 6.07) is 12.4. The largest absolute Gasteiger partial charge is 0.452 e. The van der Waals surface area contributed by atoms with Crippen LogP contribution in [-0.2, 0) is 14.3 Å². The zero-order valence-corrected chi connectivity index (χ0v) is 15.6. The van der Waals surface area contributed by atoms with Crippen LogP contribution < -0.4 is 5.32 Å². The van der Waals surface area contributed by atoms with Crippen LogP contribution >= 0.6 is 11.8 Å². The fourth-order valence-corrected chi connectivity index (χ4v) is 2.79. The summed E-state index contributed by atoms with van der Waals surface area (Å²) in [5.74, 6) is -1.33. The van der Waals surface area contributed by atoms with Crippen LogP contribution in [-0.4, -0.2) is 23.4 Å². The number of nitro groups is 1. The number of anilines is 1. The topological polar surface area (TPSA) is 98.5 Å². The Labute approximate surface area is 160 Å². The quantitative estimate of drug-likeness (QED) is 0.254. The number of esters is 1. The molecule has 2 aromatic rings. The van der Waals surface area contributed by atoms with Crippen LogP contribution in [0.15, 0.2) is 58.8 Å². The summed E-state index contributed by atoms with van der Waals surface area (Å²) in [7, 11) is 0. The first-order valence-electron chi connectivity index (χ1n) is 7.98. The number of nitro benzene ring substituents is 1. The third-order valence-corrected chi connectivity index (χ3v) is 4.49. The first-order chi connectivity index (χ1) is 12.9. The second-order valence-corrected chi connectivity index (χ2v) is 6.53. The highest BCUT2D eigenvalue weighted by atomic mass is 32.2. The van der Waals surface area contributed by atoms with Crippen LogP contribution in [0, 0.1) is 24.0 Å². The van der Waals surface area contributed by atoms with E-state index in [1.165, 1.54) is 23.9 Å². The maximum Gasteiger partial charge on any atom is 0.331 e. The van der Waals surface area contributed by atoms with Gasteiger partial charge in [-0.1, -0.05) is 36.0 Å². The van der Waals surface area contributed by atoms with Crippen LogP contribution in [0.3, 0.4) is 0 Å². The number of carbonyl (C=O) groups is 2. The summed E-state index contributed by atoms with van der Waals surface area (Å²) in [5, 5.41) is 15.1. The minimum atomic E-state index is -0.677. The standard InChI is InChI=1S/C19H18N2O5S/c1-13-8-9-16(21(24)25)19(14(13)2)20-17(22)12-26-18(23)10-11-27-15-6-4-3-5-7-15/h3-11H,12H2,1-2H3,(H,20,22)/b11-10+. The Morgan fingerprint density at radius 1 is 1.19 bits per heavy atom. The Morgan fingerprint density at radius 2 is 1.89 bits per heavy atom. The summed E-state index contributed by atoms with van der Waals surface area (Å²) < 4.78 is 4.86. The number of nitrogens with one attached hydrogen (secondary N) is 1. The van der Waals surface area contributed by atoms with E-state index < -0.39 is 23.4 Å². The van der Waals surface area contributed by atoms with Gasteiger partial charge in [0.1, 0.15) is 5.69 Å². The van der Waals surface area contributed by atoms with Gasteiger partial charge < -0.3 is 10.1 Å². The van der Waals surface area contributed by atoms with Gasteiger partial charge in [0.05, 0.1) is 4.92 Å². The number of benzene rings is 2. The monoisotopic (exact) mass is 386 g/mol. The summed E-state index contributed by atoms with van der Waals surface area (Å²) in [6.07, 6.45) is 1.21. The van der Waals surface area contributed by atoms with Crippen molar-refractivity contribution in [1.82, 2.24) is 0 Å². The fraction of sp³-hybridized carbons (Fsp3) is 0.158. The summed E-state index contributed by atoms with van der Waals surface area (Å²) in [6.45, 7) is 2.92. The molecule has 0 radical (unpaired) electrons. The van der Waals surface area contributed by atoms with Crippen molar-refractivity contribution in [2.24, 2.45) is 0 Å². The molecule has 0 saturated heterocycles. The molecule has 0 spiro atoms. The zero-order valence-electron chi connectivity index (χ0n) is 14.8. The molecule has 0 aliphatic heterocycles. The van der Waals surface area contributed by atoms with Crippen LogP contribution in [0.5, 0.6) is 0 Å². The predicted molar refractivity (Wildman–Crippen MR) is 104 cm³/mol. The van der Waals surface area contributed by atoms with E-state index in [9.17, 15) is 19.7 Å². The minimum absolute atomic E-state index is 0.108. The molecule has 8 heteroatoms. The van der Waals surface area contributed by atoms with Gasteiger partial charge in [-0.3, -0.25) is 14.9 Å². The second-order valence-electron chi connectivity index (χ2n) is 5.55. The lowest BCUT2D eigenvalue weighted by Gasteiger charge is -2.11. The van der Waals surface area contributed by atoms with Gasteiger partial charge in [-0.05, 0) is 42.5 Å². The van der Waals surface area contributed by atoms with Crippen molar-refractivity contribution in [3.63, 3.8) is 0 Å². The molecule has 0 aliphatic rings. The Balaban J connectivity index is 1.90. The zero-order chi connectivity index (χ0) is 19.8. The number of thioether (sulfide) groups is 1. The molecule has 0 unspecified atom stereocenters. The maximum atomic E-state index is 12.0. The number of hydrogen-bond acceptors (Lipinski definition) is 6. The smallest absolute Gasteiger partial charge is 0.331 e. The predicted octanol–water partition coefficient (Wildman–Crippen LogP) is 4.00. The Morgan fingerprint density at radius 3 is 2.56 bits per heavy atom. The lowest BCUT2D eigenvalue weighted by Crippen LogP contribution is -2.21. The molecular weight excluding hydrogens is 368 g/mol. The van der Waals surface area contributed by atoms with Crippen molar-refractivity contribution >= 4 is 35.0 Å². The third kappa shape index (κ3) is 5.96. The third-order valence-electron chi connectivity index (χ3n) is 3.67. The highest BCUT2D eigenvalue weighted by Gasteiger charge is 2.19. The van der Waals surface area contributed by atoms with Crippen molar-refractivity contribution in [3.8, 4) is 0 Å². The molecule has 0 fully saturated rings. The van der Waals surface area contributed by atoms with Crippen LogP contribution in [0.25, 0.3) is 0 Å². The molecule has 0 saturated carbocycles. The Hall–Kier alpha value is -3.13. The van der Waals surface area contributed by atoms with Crippen molar-refractivity contribution in [3.05, 3.63) is 75.2 Å². The molecule has 0 heterocycles. The highest BCUT2D eigenvalue weighted by molar-refractivity contribution is 8.02. The number of nitrogens with zero attached hydrogens (tertiary/aromatic N) is 1. The molecule has 27 heavy (non-hydrogen) atoms. The van der Waals surface area contributed by atoms with Crippen molar-refractivity contribution in [1.29, 1.82) is 0 Å². The maximum absolute atomic E-state index is 12.0. The minimum Gasteiger partial charge on any atom is -0.452 e. The van der Waals surface area contributed by atoms with E-state index in [1.807, 2.05) is 30.3 Å². The Bertz CT molecular complexity index is 881. The van der Waals surface area contributed by atoms with Crippen LogP contribution in [0.2, 0.25) is 0 Å². The number of amides is 1. The highest BCUT2D eigenvalue weighted by Crippen LogP contribution is 2.30. The van der Waals surface area contributed by atoms with Gasteiger partial charge in [0.2, 0.25) is 0 Å². The van der Waals surface area contributed by atoms with E-state index in [0.29, 0.717) is 5.56 Å². The molecular formula is C19H18N2O5S. The van der Waals surface area contributed by atoms with Crippen molar-refractivity contribution in [2.45, 2.75) is 18.7 Å². The number of rotatable bonds is 7. The molecule has 0 aliphatic carbocycles. The molecule has 7 nitrogen and oxygen atoms in total. The van der Waals surface area contributed by atoms with E-state index in [-0.39, 0.29) is 11.4 Å². The van der Waals surface area contributed by atoms with Gasteiger partial charge in [-0.25, -0.2) is 4.79 Å². The summed E-state index contributed by atoms with van der Waals surface area (Å²) >= 11 is 1.34. The molecule has 1 N–H and O–H groups in total. The molecule has 1 amide bonds. The SMILES string of the molecule is Cc1ccc([N+](=O)[O-])c(NC(=O)COC(=O)/C=C/Sc2ccccc2)c1C. The average molecular weight is 386 g/mol. The Kier molecular flexibility index (Phi) is 7.13. The molecule has 140 valence electrons. The van der Waals surface area contributed by atoms with Crippen molar-refractivity contribution < 1.29 is 19.2 Å². The number of hydrogen-bond donors (Lipinski definition) is 1. The van der Waals surface area contributed by atoms with Gasteiger partial charge in [0.15, 0.2) is 6.61 Å². The lowest BCUT2D eigenvalue weighted by atomic mass is 10.1. The van der Waals surface area contributed by atoms with E-state index >= 15 is 0 Å². The molecule has 2 aromatic carbocycles. The summed E-state index contributed by atoms with van der Waals surface area (Å²) in [5.41, 5.74) is 1.28. The van der Waals surface area contributed by atoms with E-state index in [4.69, 9.17) is 4.74 Å². The second kappa shape index (κ2) is 9.54. The van der Waals surface area contributed by atoms with Crippen molar-refractivity contribution in [2.75, 3.05) is 11.9 Å². The van der Waals surface area contributed by atoms with E-state index in [2.05, 4.69) is 5.32 Å². The summed E-state index contributed by atoms with van der Waals surface area (Å²) in [4.78, 5) is 35.2. The van der Waals surface area contributed by atoms with Gasteiger partial charge in [-0.2, -0.15) is 0 Å². The molecule has 2 rings (SSSR count). The first kappa shape index (κ1) is 20.2. The molecule has 0 bridgehead atoms. The van der Waals surface area contributed by atoms with Gasteiger partial charge in [0, 0.05) is 17.0 Å². The van der Waals surface area contributed by atoms with Gasteiger partial charge in [0.25, 0.3) is 11.6 Å².